The fraction of sp³-hybridized carbons (Fsp3) is 0.400. The van der Waals surface area contributed by atoms with Crippen LogP contribution in [-0.2, 0) is 0 Å². The van der Waals surface area contributed by atoms with Gasteiger partial charge in [0.05, 0.1) is 12.6 Å². The zero-order valence-electron chi connectivity index (χ0n) is 8.62. The number of benzene rings is 1. The Bertz CT molecular complexity index is 358. The van der Waals surface area contributed by atoms with Crippen molar-refractivity contribution in [3.05, 3.63) is 27.2 Å². The summed E-state index contributed by atoms with van der Waals surface area (Å²) in [6.07, 6.45) is 0. The molecule has 0 fully saturated rings. The molecule has 1 aromatic rings. The number of hydrogen-bond donors (Lipinski definition) is 3. The summed E-state index contributed by atoms with van der Waals surface area (Å²) in [6.45, 7) is 3.58. The quantitative estimate of drug-likeness (QED) is 0.784. The highest BCUT2D eigenvalue weighted by Crippen LogP contribution is 2.34. The molecule has 0 heterocycles. The van der Waals surface area contributed by atoms with E-state index in [1.807, 2.05) is 13.8 Å². The Morgan fingerprint density at radius 2 is 2.00 bits per heavy atom. The average molecular weight is 297 g/mol. The summed E-state index contributed by atoms with van der Waals surface area (Å²) in [7, 11) is 0. The Kier molecular flexibility index (Phi) is 5.59. The second kappa shape index (κ2) is 5.70. The smallest absolute Gasteiger partial charge is 0.121 e. The molecule has 86 valence electrons. The zero-order chi connectivity index (χ0) is 10.9. The van der Waals surface area contributed by atoms with Crippen LogP contribution >= 0.6 is 28.3 Å². The second-order valence-corrected chi connectivity index (χ2v) is 4.15. The van der Waals surface area contributed by atoms with E-state index in [0.717, 1.165) is 15.6 Å². The minimum absolute atomic E-state index is 0. The topological polar surface area (TPSA) is 66.5 Å². The number of phenolic OH excluding ortho intramolecular Hbond substituents is 1. The summed E-state index contributed by atoms with van der Waals surface area (Å²) in [5.41, 5.74) is 8.12. The van der Waals surface area contributed by atoms with Crippen molar-refractivity contribution >= 4 is 28.3 Å². The lowest BCUT2D eigenvalue weighted by atomic mass is 9.99. The van der Waals surface area contributed by atoms with Gasteiger partial charge in [-0.3, -0.25) is 0 Å². The Hall–Kier alpha value is -0.290. The van der Waals surface area contributed by atoms with E-state index in [4.69, 9.17) is 10.8 Å². The van der Waals surface area contributed by atoms with Crippen molar-refractivity contribution in [2.24, 2.45) is 5.73 Å². The molecule has 0 aliphatic heterocycles. The third-order valence-corrected chi connectivity index (χ3v) is 3.50. The lowest BCUT2D eigenvalue weighted by Crippen LogP contribution is -2.16. The van der Waals surface area contributed by atoms with Crippen LogP contribution in [0.3, 0.4) is 0 Å². The summed E-state index contributed by atoms with van der Waals surface area (Å²) in [6, 6.07) is 1.11. The van der Waals surface area contributed by atoms with Gasteiger partial charge < -0.3 is 15.9 Å². The zero-order valence-corrected chi connectivity index (χ0v) is 11.0. The third-order valence-electron chi connectivity index (χ3n) is 2.28. The lowest BCUT2D eigenvalue weighted by molar-refractivity contribution is 0.265. The first-order chi connectivity index (χ1) is 6.49. The maximum Gasteiger partial charge on any atom is 0.121 e. The summed E-state index contributed by atoms with van der Waals surface area (Å²) < 4.78 is 0.925. The van der Waals surface area contributed by atoms with Crippen molar-refractivity contribution < 1.29 is 10.2 Å². The number of rotatable bonds is 2. The van der Waals surface area contributed by atoms with Gasteiger partial charge in [-0.2, -0.15) is 0 Å². The Morgan fingerprint density at radius 3 is 2.47 bits per heavy atom. The fourth-order valence-corrected chi connectivity index (χ4v) is 1.84. The van der Waals surface area contributed by atoms with E-state index in [0.29, 0.717) is 5.56 Å². The van der Waals surface area contributed by atoms with Crippen LogP contribution in [0.1, 0.15) is 22.7 Å². The van der Waals surface area contributed by atoms with E-state index in [1.165, 1.54) is 0 Å². The molecule has 0 bridgehead atoms. The molecule has 15 heavy (non-hydrogen) atoms. The van der Waals surface area contributed by atoms with E-state index in [2.05, 4.69) is 15.9 Å². The maximum atomic E-state index is 9.69. The summed E-state index contributed by atoms with van der Waals surface area (Å²) in [4.78, 5) is 0. The molecule has 1 rings (SSSR count). The van der Waals surface area contributed by atoms with Gasteiger partial charge in [-0.25, -0.2) is 0 Å². The molecule has 0 aliphatic rings. The molecule has 0 aromatic heterocycles. The molecule has 0 radical (unpaired) electrons. The van der Waals surface area contributed by atoms with Gasteiger partial charge in [0.1, 0.15) is 5.75 Å². The molecule has 0 saturated carbocycles. The van der Waals surface area contributed by atoms with Crippen molar-refractivity contribution in [3.63, 3.8) is 0 Å². The van der Waals surface area contributed by atoms with E-state index in [1.54, 1.807) is 6.07 Å². The lowest BCUT2D eigenvalue weighted by Gasteiger charge is -2.16. The van der Waals surface area contributed by atoms with Crippen LogP contribution in [0.2, 0.25) is 0 Å². The van der Waals surface area contributed by atoms with Gasteiger partial charge in [-0.1, -0.05) is 15.9 Å². The molecule has 0 aliphatic carbocycles. The fourth-order valence-electron chi connectivity index (χ4n) is 1.51. The van der Waals surface area contributed by atoms with E-state index < -0.39 is 6.04 Å². The molecular formula is C10H15BrClNO2. The maximum absolute atomic E-state index is 9.69. The monoisotopic (exact) mass is 295 g/mol. The van der Waals surface area contributed by atoms with Crippen molar-refractivity contribution in [2.75, 3.05) is 6.61 Å². The van der Waals surface area contributed by atoms with Crippen LogP contribution in [0, 0.1) is 13.8 Å². The molecule has 0 amide bonds. The number of hydrogen-bond acceptors (Lipinski definition) is 3. The van der Waals surface area contributed by atoms with Gasteiger partial charge in [-0.05, 0) is 31.0 Å². The normalized spacial score (nSPS) is 12.1. The SMILES string of the molecule is Cc1cc(O)c([C@H](N)CO)c(C)c1Br.Cl. The van der Waals surface area contributed by atoms with Crippen molar-refractivity contribution in [3.8, 4) is 5.75 Å². The Labute approximate surface area is 104 Å². The van der Waals surface area contributed by atoms with Crippen LogP contribution in [0.5, 0.6) is 5.75 Å². The van der Waals surface area contributed by atoms with Crippen LogP contribution < -0.4 is 5.73 Å². The van der Waals surface area contributed by atoms with Crippen molar-refractivity contribution in [2.45, 2.75) is 19.9 Å². The predicted molar refractivity (Wildman–Crippen MR) is 66.5 cm³/mol. The molecular weight excluding hydrogens is 281 g/mol. The first kappa shape index (κ1) is 14.7. The van der Waals surface area contributed by atoms with Crippen LogP contribution in [0.4, 0.5) is 0 Å². The van der Waals surface area contributed by atoms with Gasteiger partial charge in [0, 0.05) is 10.0 Å². The number of aryl methyl sites for hydroxylation is 1. The van der Waals surface area contributed by atoms with Crippen molar-refractivity contribution in [1.82, 2.24) is 0 Å². The minimum Gasteiger partial charge on any atom is -0.508 e. The van der Waals surface area contributed by atoms with E-state index in [-0.39, 0.29) is 24.8 Å². The molecule has 0 unspecified atom stereocenters. The summed E-state index contributed by atoms with van der Waals surface area (Å²) >= 11 is 3.41. The minimum atomic E-state index is -0.535. The molecule has 0 saturated heterocycles. The van der Waals surface area contributed by atoms with Gasteiger partial charge in [0.15, 0.2) is 0 Å². The van der Waals surface area contributed by atoms with Crippen LogP contribution in [-0.4, -0.2) is 16.8 Å². The average Bonchev–Trinajstić information content (AvgIpc) is 2.14. The predicted octanol–water partition coefficient (Wildman–Crippen LogP) is 2.19. The number of aromatic hydroxyl groups is 1. The molecule has 1 aromatic carbocycles. The second-order valence-electron chi connectivity index (χ2n) is 3.35. The molecule has 1 atom stereocenters. The van der Waals surface area contributed by atoms with Gasteiger partial charge in [0.25, 0.3) is 0 Å². The first-order valence-corrected chi connectivity index (χ1v) is 5.13. The standard InChI is InChI=1S/C10H14BrNO2.ClH/c1-5-3-8(14)9(7(12)4-13)6(2)10(5)11;/h3,7,13-14H,4,12H2,1-2H3;1H/t7-;/m1./s1. The molecule has 3 nitrogen and oxygen atoms in total. The number of aliphatic hydroxyl groups is 1. The highest BCUT2D eigenvalue weighted by Gasteiger charge is 2.16. The van der Waals surface area contributed by atoms with Gasteiger partial charge >= 0.3 is 0 Å². The van der Waals surface area contributed by atoms with E-state index in [9.17, 15) is 5.11 Å². The number of aliphatic hydroxyl groups excluding tert-OH is 1. The van der Waals surface area contributed by atoms with Crippen LogP contribution in [0.15, 0.2) is 10.5 Å². The third kappa shape index (κ3) is 2.84. The summed E-state index contributed by atoms with van der Waals surface area (Å²) in [5, 5.41) is 18.6. The Morgan fingerprint density at radius 1 is 1.47 bits per heavy atom. The van der Waals surface area contributed by atoms with Crippen molar-refractivity contribution in [1.29, 1.82) is 0 Å². The number of nitrogens with two attached hydrogens (primary N) is 1. The van der Waals surface area contributed by atoms with Crippen LogP contribution in [0.25, 0.3) is 0 Å². The van der Waals surface area contributed by atoms with E-state index >= 15 is 0 Å². The Balaban J connectivity index is 0.00000196. The van der Waals surface area contributed by atoms with Gasteiger partial charge in [0.2, 0.25) is 0 Å². The molecule has 0 spiro atoms. The number of phenols is 1. The largest absolute Gasteiger partial charge is 0.508 e. The molecule has 4 N–H and O–H groups in total. The highest BCUT2D eigenvalue weighted by atomic mass is 79.9. The molecule has 5 heteroatoms. The van der Waals surface area contributed by atoms with Gasteiger partial charge in [-0.15, -0.1) is 12.4 Å². The first-order valence-electron chi connectivity index (χ1n) is 4.34. The highest BCUT2D eigenvalue weighted by molar-refractivity contribution is 9.10. The number of halogens is 2. The summed E-state index contributed by atoms with van der Waals surface area (Å²) in [5.74, 6) is 0.143.